The molecule has 0 aliphatic rings. The number of hydrogen-bond acceptors (Lipinski definition) is 3. The van der Waals surface area contributed by atoms with E-state index in [0.29, 0.717) is 6.54 Å². The molecule has 0 spiro atoms. The van der Waals surface area contributed by atoms with Crippen LogP contribution in [0.5, 0.6) is 0 Å². The van der Waals surface area contributed by atoms with E-state index in [1.807, 2.05) is 0 Å². The van der Waals surface area contributed by atoms with Crippen LogP contribution >= 0.6 is 0 Å². The first-order valence-electron chi connectivity index (χ1n) is 2.42. The second kappa shape index (κ2) is 4.55. The minimum absolute atomic E-state index is 0.0741. The Balaban J connectivity index is 3.06. The van der Waals surface area contributed by atoms with Crippen molar-refractivity contribution in [2.75, 3.05) is 20.3 Å². The van der Waals surface area contributed by atoms with Crippen molar-refractivity contribution in [1.29, 1.82) is 0 Å². The van der Waals surface area contributed by atoms with Crippen LogP contribution in [0.2, 0.25) is 0 Å². The summed E-state index contributed by atoms with van der Waals surface area (Å²) in [4.78, 5) is 10.4. The van der Waals surface area contributed by atoms with E-state index in [4.69, 9.17) is 5.73 Å². The van der Waals surface area contributed by atoms with E-state index >= 15 is 0 Å². The molecule has 0 bridgehead atoms. The predicted octanol–water partition coefficient (Wildman–Crippen LogP) is -1.76. The van der Waals surface area contributed by atoms with Crippen LogP contribution in [-0.2, 0) is 4.79 Å². The Morgan fingerprint density at radius 2 is 2.38 bits per heavy atom. The Bertz CT molecular complexity index is 65.7. The summed E-state index contributed by atoms with van der Waals surface area (Å²) >= 11 is 0. The summed E-state index contributed by atoms with van der Waals surface area (Å²) < 4.78 is 0. The Morgan fingerprint density at radius 3 is 2.75 bits per heavy atom. The molecule has 8 heavy (non-hydrogen) atoms. The molecule has 48 valence electrons. The first kappa shape index (κ1) is 7.39. The maximum atomic E-state index is 10.4. The van der Waals surface area contributed by atoms with Gasteiger partial charge in [0.1, 0.15) is 0 Å². The van der Waals surface area contributed by atoms with Gasteiger partial charge in [-0.15, -0.1) is 0 Å². The van der Waals surface area contributed by atoms with Gasteiger partial charge in [-0.05, 0) is 7.05 Å². The van der Waals surface area contributed by atoms with Crippen molar-refractivity contribution >= 4 is 5.91 Å². The summed E-state index contributed by atoms with van der Waals surface area (Å²) in [6.45, 7) is 0.539. The fraction of sp³-hybridized carbons (Fsp3) is 0.750. The molecule has 0 atom stereocenters. The molecule has 0 fully saturated rings. The van der Waals surface area contributed by atoms with Crippen LogP contribution < -0.4 is 16.4 Å². The van der Waals surface area contributed by atoms with E-state index in [1.165, 1.54) is 0 Å². The zero-order chi connectivity index (χ0) is 6.41. The molecule has 0 aromatic carbocycles. The van der Waals surface area contributed by atoms with Crippen molar-refractivity contribution < 1.29 is 4.79 Å². The lowest BCUT2D eigenvalue weighted by Crippen LogP contribution is -2.35. The van der Waals surface area contributed by atoms with Crippen LogP contribution in [0.1, 0.15) is 0 Å². The molecule has 4 heteroatoms. The first-order chi connectivity index (χ1) is 3.81. The van der Waals surface area contributed by atoms with E-state index in [0.717, 1.165) is 0 Å². The molecule has 0 saturated carbocycles. The quantitative estimate of drug-likeness (QED) is 0.383. The van der Waals surface area contributed by atoms with Gasteiger partial charge in [-0.3, -0.25) is 4.79 Å². The van der Waals surface area contributed by atoms with Crippen LogP contribution in [0, 0.1) is 0 Å². The Labute approximate surface area is 48.4 Å². The van der Waals surface area contributed by atoms with Gasteiger partial charge in [0.05, 0.1) is 13.2 Å². The molecule has 4 nitrogen and oxygen atoms in total. The zero-order valence-corrected chi connectivity index (χ0v) is 4.90. The van der Waals surface area contributed by atoms with Gasteiger partial charge in [-0.1, -0.05) is 0 Å². The normalized spacial score (nSPS) is 8.75. The number of carbonyl (C=O) groups is 1. The average Bonchev–Trinajstić information content (AvgIpc) is 1.68. The highest BCUT2D eigenvalue weighted by molar-refractivity contribution is 5.77. The van der Waals surface area contributed by atoms with Crippen molar-refractivity contribution in [3.8, 4) is 0 Å². The predicted molar refractivity (Wildman–Crippen MR) is 31.1 cm³/mol. The lowest BCUT2D eigenvalue weighted by atomic mass is 10.6. The first-order valence-corrected chi connectivity index (χ1v) is 2.42. The molecule has 1 amide bonds. The number of rotatable bonds is 3. The van der Waals surface area contributed by atoms with Gasteiger partial charge >= 0.3 is 0 Å². The third-order valence-corrected chi connectivity index (χ3v) is 0.637. The highest BCUT2D eigenvalue weighted by atomic mass is 16.1. The van der Waals surface area contributed by atoms with E-state index < -0.39 is 0 Å². The summed E-state index contributed by atoms with van der Waals surface area (Å²) in [5, 5.41) is 5.11. The summed E-state index contributed by atoms with van der Waals surface area (Å²) in [5.41, 5.74) is 5.00. The van der Waals surface area contributed by atoms with Crippen LogP contribution in [0.4, 0.5) is 0 Å². The van der Waals surface area contributed by atoms with E-state index in [1.54, 1.807) is 7.05 Å². The van der Waals surface area contributed by atoms with Gasteiger partial charge in [0.15, 0.2) is 0 Å². The summed E-state index contributed by atoms with van der Waals surface area (Å²) in [7, 11) is 1.70. The maximum Gasteiger partial charge on any atom is 0.234 e. The zero-order valence-electron chi connectivity index (χ0n) is 4.90. The molecule has 0 aliphatic heterocycles. The fourth-order valence-electron chi connectivity index (χ4n) is 0.337. The molecule has 0 aromatic rings. The number of nitrogens with two attached hydrogens (primary N) is 1. The Morgan fingerprint density at radius 1 is 1.75 bits per heavy atom. The highest BCUT2D eigenvalue weighted by Crippen LogP contribution is 1.55. The van der Waals surface area contributed by atoms with Gasteiger partial charge in [-0.2, -0.15) is 0 Å². The van der Waals surface area contributed by atoms with Gasteiger partial charge in [-0.25, -0.2) is 0 Å². The van der Waals surface area contributed by atoms with E-state index in [-0.39, 0.29) is 12.6 Å². The summed E-state index contributed by atoms with van der Waals surface area (Å²) in [5.74, 6) is -0.0741. The molecule has 0 rings (SSSR count). The van der Waals surface area contributed by atoms with Crippen LogP contribution in [-0.4, -0.2) is 26.2 Å². The Kier molecular flexibility index (Phi) is 4.20. The molecule has 0 aliphatic carbocycles. The van der Waals surface area contributed by atoms with Crippen molar-refractivity contribution in [3.05, 3.63) is 0 Å². The highest BCUT2D eigenvalue weighted by Gasteiger charge is 1.92. The van der Waals surface area contributed by atoms with Gasteiger partial charge in [0, 0.05) is 0 Å². The molecule has 0 radical (unpaired) electrons. The largest absolute Gasteiger partial charge is 0.343 e. The van der Waals surface area contributed by atoms with Crippen LogP contribution in [0.25, 0.3) is 0 Å². The molecule has 0 aromatic heterocycles. The standard InChI is InChI=1S/C4H11N3O/c1-6-2-4(8)7-3-5/h6H,2-3,5H2,1H3,(H,7,8). The third-order valence-electron chi connectivity index (χ3n) is 0.637. The van der Waals surface area contributed by atoms with Crippen LogP contribution in [0.3, 0.4) is 0 Å². The number of amides is 1. The van der Waals surface area contributed by atoms with E-state index in [9.17, 15) is 4.79 Å². The lowest BCUT2D eigenvalue weighted by molar-refractivity contribution is -0.120. The number of nitrogens with one attached hydrogen (secondary N) is 2. The number of carbonyl (C=O) groups excluding carboxylic acids is 1. The fourth-order valence-corrected chi connectivity index (χ4v) is 0.337. The van der Waals surface area contributed by atoms with Gasteiger partial charge < -0.3 is 16.4 Å². The minimum atomic E-state index is -0.0741. The molecule has 4 N–H and O–H groups in total. The molecular formula is C4H11N3O. The topological polar surface area (TPSA) is 67.2 Å². The third kappa shape index (κ3) is 3.58. The van der Waals surface area contributed by atoms with Crippen molar-refractivity contribution in [1.82, 2.24) is 10.6 Å². The summed E-state index contributed by atoms with van der Waals surface area (Å²) in [6.07, 6.45) is 0. The minimum Gasteiger partial charge on any atom is -0.343 e. The molecule has 0 unspecified atom stereocenters. The number of likely N-dealkylation sites (N-methyl/N-ethyl adjacent to an activating group) is 1. The molecule has 0 saturated heterocycles. The smallest absolute Gasteiger partial charge is 0.234 e. The average molecular weight is 117 g/mol. The SMILES string of the molecule is CNCC(=O)NCN. The molecule has 0 heterocycles. The summed E-state index contributed by atoms with van der Waals surface area (Å²) in [6, 6.07) is 0. The van der Waals surface area contributed by atoms with Crippen molar-refractivity contribution in [2.24, 2.45) is 5.73 Å². The monoisotopic (exact) mass is 117 g/mol. The Hall–Kier alpha value is -0.610. The van der Waals surface area contributed by atoms with Crippen LogP contribution in [0.15, 0.2) is 0 Å². The lowest BCUT2D eigenvalue weighted by Gasteiger charge is -1.97. The van der Waals surface area contributed by atoms with Gasteiger partial charge in [0.25, 0.3) is 0 Å². The van der Waals surface area contributed by atoms with Gasteiger partial charge in [0.2, 0.25) is 5.91 Å². The maximum absolute atomic E-state index is 10.4. The second-order valence-corrected chi connectivity index (χ2v) is 1.33. The molecular weight excluding hydrogens is 106 g/mol. The van der Waals surface area contributed by atoms with Crippen molar-refractivity contribution in [3.63, 3.8) is 0 Å². The number of hydrogen-bond donors (Lipinski definition) is 3. The van der Waals surface area contributed by atoms with Crippen molar-refractivity contribution in [2.45, 2.75) is 0 Å². The van der Waals surface area contributed by atoms with E-state index in [2.05, 4.69) is 10.6 Å². The second-order valence-electron chi connectivity index (χ2n) is 1.33.